The third-order valence-electron chi connectivity index (χ3n) is 3.88. The van der Waals surface area contributed by atoms with E-state index in [9.17, 15) is 24.3 Å². The zero-order chi connectivity index (χ0) is 24.1. The minimum absolute atomic E-state index is 0.00402. The van der Waals surface area contributed by atoms with Gasteiger partial charge in [0.1, 0.15) is 5.60 Å². The molecule has 0 saturated carbocycles. The van der Waals surface area contributed by atoms with Crippen LogP contribution >= 0.6 is 22.6 Å². The van der Waals surface area contributed by atoms with Gasteiger partial charge in [-0.05, 0) is 67.6 Å². The van der Waals surface area contributed by atoms with E-state index < -0.39 is 35.8 Å². The van der Waals surface area contributed by atoms with E-state index in [0.717, 1.165) is 0 Å². The Labute approximate surface area is 197 Å². The van der Waals surface area contributed by atoms with Gasteiger partial charge in [-0.2, -0.15) is 5.26 Å². The van der Waals surface area contributed by atoms with Crippen LogP contribution in [0.2, 0.25) is 0 Å². The first kappa shape index (κ1) is 24.8. The number of ether oxygens (including phenoxy) is 1. The average Bonchev–Trinajstić information content (AvgIpc) is 2.68. The highest BCUT2D eigenvalue weighted by Crippen LogP contribution is 2.29. The summed E-state index contributed by atoms with van der Waals surface area (Å²) in [5, 5.41) is 23.3. The number of ketones is 1. The van der Waals surface area contributed by atoms with Crippen LogP contribution in [0.15, 0.2) is 36.4 Å². The number of hydrogen-bond acceptors (Lipinski definition) is 6. The molecule has 0 aliphatic carbocycles. The van der Waals surface area contributed by atoms with Gasteiger partial charge in [-0.25, -0.2) is 9.59 Å². The Balaban J connectivity index is 2.26. The maximum Gasteiger partial charge on any atom is 0.412 e. The Hall–Kier alpha value is -3.46. The fourth-order valence-corrected chi connectivity index (χ4v) is 3.26. The molecular weight excluding hydrogens is 529 g/mol. The van der Waals surface area contributed by atoms with Crippen LogP contribution in [-0.4, -0.2) is 34.5 Å². The molecule has 0 spiro atoms. The number of halogens is 1. The summed E-state index contributed by atoms with van der Waals surface area (Å²) in [4.78, 5) is 48.5. The fourth-order valence-electron chi connectivity index (χ4n) is 2.56. The number of carbonyl (C=O) groups excluding carboxylic acids is 3. The van der Waals surface area contributed by atoms with Crippen molar-refractivity contribution in [3.05, 3.63) is 56.7 Å². The Morgan fingerprint density at radius 3 is 2.34 bits per heavy atom. The number of nitrogens with one attached hydrogen (secondary N) is 2. The zero-order valence-electron chi connectivity index (χ0n) is 17.5. The molecule has 2 amide bonds. The van der Waals surface area contributed by atoms with Crippen molar-refractivity contribution in [2.45, 2.75) is 32.8 Å². The molecule has 0 aliphatic rings. The maximum absolute atomic E-state index is 12.5. The van der Waals surface area contributed by atoms with Crippen molar-refractivity contribution in [3.8, 4) is 6.07 Å². The monoisotopic (exact) mass is 549 g/mol. The minimum Gasteiger partial charge on any atom is -0.478 e. The number of benzene rings is 2. The van der Waals surface area contributed by atoms with Gasteiger partial charge < -0.3 is 15.2 Å². The highest BCUT2D eigenvalue weighted by Gasteiger charge is 2.21. The van der Waals surface area contributed by atoms with E-state index in [-0.39, 0.29) is 22.5 Å². The number of carbonyl (C=O) groups is 4. The first-order valence-electron chi connectivity index (χ1n) is 9.29. The van der Waals surface area contributed by atoms with E-state index in [0.29, 0.717) is 9.13 Å². The van der Waals surface area contributed by atoms with Crippen molar-refractivity contribution in [3.63, 3.8) is 0 Å². The summed E-state index contributed by atoms with van der Waals surface area (Å²) >= 11 is 1.79. The van der Waals surface area contributed by atoms with Gasteiger partial charge in [0.2, 0.25) is 5.91 Å². The zero-order valence-corrected chi connectivity index (χ0v) is 19.6. The Morgan fingerprint density at radius 1 is 1.09 bits per heavy atom. The number of carboxylic acid groups (broad SMARTS) is 1. The van der Waals surface area contributed by atoms with Crippen LogP contribution in [0.5, 0.6) is 0 Å². The number of nitrogens with zero attached hydrogens (tertiary/aromatic N) is 1. The third-order valence-corrected chi connectivity index (χ3v) is 4.77. The van der Waals surface area contributed by atoms with Gasteiger partial charge in [-0.15, -0.1) is 0 Å². The van der Waals surface area contributed by atoms with Gasteiger partial charge in [0.15, 0.2) is 5.78 Å². The van der Waals surface area contributed by atoms with Crippen LogP contribution in [0.4, 0.5) is 16.2 Å². The van der Waals surface area contributed by atoms with E-state index in [4.69, 9.17) is 10.00 Å². The van der Waals surface area contributed by atoms with Gasteiger partial charge in [0, 0.05) is 9.13 Å². The Morgan fingerprint density at radius 2 is 1.75 bits per heavy atom. The highest BCUT2D eigenvalue weighted by atomic mass is 127. The predicted octanol–water partition coefficient (Wildman–Crippen LogP) is 4.42. The molecule has 0 aromatic heterocycles. The van der Waals surface area contributed by atoms with Crippen LogP contribution in [0.1, 0.15) is 53.5 Å². The summed E-state index contributed by atoms with van der Waals surface area (Å²) in [6.07, 6.45) is -1.35. The molecule has 32 heavy (non-hydrogen) atoms. The van der Waals surface area contributed by atoms with E-state index in [1.807, 2.05) is 6.07 Å². The summed E-state index contributed by atoms with van der Waals surface area (Å²) in [5.74, 6) is -2.39. The molecular formula is C22H20IN3O6. The molecule has 0 heterocycles. The van der Waals surface area contributed by atoms with Gasteiger partial charge in [-0.3, -0.25) is 14.9 Å². The summed E-state index contributed by atoms with van der Waals surface area (Å²) in [6.45, 7) is 5.00. The van der Waals surface area contributed by atoms with E-state index in [2.05, 4.69) is 10.6 Å². The van der Waals surface area contributed by atoms with Gasteiger partial charge >= 0.3 is 12.1 Å². The number of anilines is 2. The van der Waals surface area contributed by atoms with Gasteiger partial charge in [-0.1, -0.05) is 12.1 Å². The van der Waals surface area contributed by atoms with Crippen molar-refractivity contribution in [1.82, 2.24) is 0 Å². The predicted molar refractivity (Wildman–Crippen MR) is 125 cm³/mol. The first-order valence-corrected chi connectivity index (χ1v) is 10.4. The van der Waals surface area contributed by atoms with E-state index in [1.54, 1.807) is 49.4 Å². The van der Waals surface area contributed by atoms with Crippen LogP contribution in [0, 0.1) is 14.9 Å². The Kier molecular flexibility index (Phi) is 7.93. The minimum atomic E-state index is -1.22. The number of Topliss-reactive ketones (excluding diaryl/α,β-unsaturated/α-hetero) is 1. The summed E-state index contributed by atoms with van der Waals surface area (Å²) in [5.41, 5.74) is -0.269. The Bertz CT molecular complexity index is 1130. The van der Waals surface area contributed by atoms with Crippen LogP contribution in [0.3, 0.4) is 0 Å². The molecule has 2 aromatic carbocycles. The molecule has 9 nitrogen and oxygen atoms in total. The number of amides is 2. The largest absolute Gasteiger partial charge is 0.478 e. The van der Waals surface area contributed by atoms with Crippen LogP contribution in [-0.2, 0) is 9.53 Å². The molecule has 0 unspecified atom stereocenters. The first-order chi connectivity index (χ1) is 14.9. The van der Waals surface area contributed by atoms with Crippen LogP contribution < -0.4 is 10.6 Å². The average molecular weight is 549 g/mol. The lowest BCUT2D eigenvalue weighted by atomic mass is 10.1. The van der Waals surface area contributed by atoms with E-state index in [1.165, 1.54) is 30.3 Å². The molecule has 10 heteroatoms. The smallest absolute Gasteiger partial charge is 0.412 e. The summed E-state index contributed by atoms with van der Waals surface area (Å²) < 4.78 is 5.50. The van der Waals surface area contributed by atoms with Crippen molar-refractivity contribution < 1.29 is 29.0 Å². The highest BCUT2D eigenvalue weighted by molar-refractivity contribution is 14.1. The lowest BCUT2D eigenvalue weighted by molar-refractivity contribution is -0.115. The number of carboxylic acids is 1. The molecule has 2 aromatic rings. The van der Waals surface area contributed by atoms with Gasteiger partial charge in [0.05, 0.1) is 35.0 Å². The topological polar surface area (TPSA) is 146 Å². The molecule has 0 saturated heterocycles. The van der Waals surface area contributed by atoms with E-state index >= 15 is 0 Å². The number of nitriles is 1. The second kappa shape index (κ2) is 10.2. The number of aromatic carboxylic acids is 1. The molecule has 0 atom stereocenters. The molecule has 0 fully saturated rings. The fraction of sp³-hybridized carbons (Fsp3) is 0.227. The van der Waals surface area contributed by atoms with Gasteiger partial charge in [0.25, 0.3) is 0 Å². The molecule has 3 N–H and O–H groups in total. The third kappa shape index (κ3) is 7.05. The maximum atomic E-state index is 12.5. The quantitative estimate of drug-likeness (QED) is 0.275. The summed E-state index contributed by atoms with van der Waals surface area (Å²) in [7, 11) is 0. The second-order valence-corrected chi connectivity index (χ2v) is 8.81. The normalized spacial score (nSPS) is 10.6. The molecule has 166 valence electrons. The van der Waals surface area contributed by atoms with Crippen LogP contribution in [0.25, 0.3) is 0 Å². The van der Waals surface area contributed by atoms with Crippen molar-refractivity contribution in [2.24, 2.45) is 0 Å². The molecule has 0 radical (unpaired) electrons. The number of hydrogen-bond donors (Lipinski definition) is 3. The lowest BCUT2D eigenvalue weighted by Crippen LogP contribution is -2.28. The SMILES string of the molecule is CC(C)(C)OC(=O)Nc1cc(C(=O)O)c(I)cc1NC(=O)CC(=O)c1cccc(C#N)c1. The molecule has 0 bridgehead atoms. The van der Waals surface area contributed by atoms with Crippen molar-refractivity contribution >= 4 is 57.7 Å². The standard InChI is InChI=1S/C22H20IN3O6/c1-22(2,3)32-21(31)26-16-8-14(20(29)30)15(23)9-17(16)25-19(28)10-18(27)13-6-4-5-12(7-13)11-24/h4-9H,10H2,1-3H3,(H,25,28)(H,26,31)(H,29,30). The number of rotatable bonds is 6. The molecule has 0 aliphatic heterocycles. The van der Waals surface area contributed by atoms with Crippen molar-refractivity contribution in [2.75, 3.05) is 10.6 Å². The summed E-state index contributed by atoms with van der Waals surface area (Å²) in [6, 6.07) is 10.5. The lowest BCUT2D eigenvalue weighted by Gasteiger charge is -2.21. The molecule has 2 rings (SSSR count). The second-order valence-electron chi connectivity index (χ2n) is 7.65. The van der Waals surface area contributed by atoms with Crippen molar-refractivity contribution in [1.29, 1.82) is 5.26 Å².